The van der Waals surface area contributed by atoms with E-state index in [0.29, 0.717) is 13.0 Å². The number of hydrogen-bond acceptors (Lipinski definition) is 4. The van der Waals surface area contributed by atoms with Gasteiger partial charge in [-0.2, -0.15) is 0 Å². The van der Waals surface area contributed by atoms with Crippen molar-refractivity contribution < 1.29 is 18.3 Å². The molecule has 0 radical (unpaired) electrons. The van der Waals surface area contributed by atoms with Gasteiger partial charge in [-0.05, 0) is 12.5 Å². The van der Waals surface area contributed by atoms with Crippen LogP contribution in [0.1, 0.15) is 16.9 Å². The van der Waals surface area contributed by atoms with Crippen LogP contribution in [0.3, 0.4) is 0 Å². The Kier molecular flexibility index (Phi) is 3.18. The van der Waals surface area contributed by atoms with Gasteiger partial charge in [-0.15, -0.1) is 0 Å². The van der Waals surface area contributed by atoms with E-state index in [1.165, 1.54) is 21.7 Å². The summed E-state index contributed by atoms with van der Waals surface area (Å²) in [7, 11) is -2.24. The molecule has 100 valence electrons. The van der Waals surface area contributed by atoms with Crippen LogP contribution in [0.25, 0.3) is 0 Å². The number of amides is 1. The fourth-order valence-corrected chi connectivity index (χ4v) is 2.57. The molecule has 18 heavy (non-hydrogen) atoms. The van der Waals surface area contributed by atoms with Crippen molar-refractivity contribution in [1.29, 1.82) is 0 Å². The number of aromatic nitrogens is 1. The number of hydrogen-bond donors (Lipinski definition) is 2. The highest BCUT2D eigenvalue weighted by Gasteiger charge is 2.27. The highest BCUT2D eigenvalue weighted by atomic mass is 32.2. The lowest BCUT2D eigenvalue weighted by molar-refractivity contribution is 0.0755. The van der Waals surface area contributed by atoms with Crippen LogP contribution >= 0.6 is 0 Å². The van der Waals surface area contributed by atoms with Gasteiger partial charge in [-0.1, -0.05) is 0 Å². The maximum atomic E-state index is 12.1. The molecule has 0 spiro atoms. The Morgan fingerprint density at radius 1 is 1.56 bits per heavy atom. The predicted octanol–water partition coefficient (Wildman–Crippen LogP) is -1.12. The minimum absolute atomic E-state index is 0.0897. The topological polar surface area (TPSA) is 106 Å². The molecule has 2 rings (SSSR count). The van der Waals surface area contributed by atoms with Crippen molar-refractivity contribution in [3.63, 3.8) is 0 Å². The molecule has 0 saturated carbocycles. The number of aryl methyl sites for hydroxylation is 1. The van der Waals surface area contributed by atoms with E-state index < -0.39 is 16.1 Å². The molecule has 1 aliphatic heterocycles. The summed E-state index contributed by atoms with van der Waals surface area (Å²) in [5, 5.41) is 14.4. The summed E-state index contributed by atoms with van der Waals surface area (Å²) in [5.41, 5.74) is 0.244. The van der Waals surface area contributed by atoms with Crippen molar-refractivity contribution in [2.45, 2.75) is 17.4 Å². The van der Waals surface area contributed by atoms with Crippen molar-refractivity contribution in [3.8, 4) is 0 Å². The van der Waals surface area contributed by atoms with E-state index in [4.69, 9.17) is 5.14 Å². The number of sulfonamides is 1. The van der Waals surface area contributed by atoms with Gasteiger partial charge in [0.1, 0.15) is 10.6 Å². The quantitative estimate of drug-likeness (QED) is 0.712. The second-order valence-electron chi connectivity index (χ2n) is 4.41. The Hall–Kier alpha value is -1.38. The molecule has 0 aromatic carbocycles. The highest BCUT2D eigenvalue weighted by Crippen LogP contribution is 2.17. The van der Waals surface area contributed by atoms with Crippen LogP contribution in [-0.2, 0) is 17.1 Å². The van der Waals surface area contributed by atoms with Gasteiger partial charge in [0.05, 0.1) is 6.10 Å². The third-order valence-corrected chi connectivity index (χ3v) is 3.86. The van der Waals surface area contributed by atoms with Crippen LogP contribution < -0.4 is 5.14 Å². The molecule has 1 amide bonds. The molecule has 1 aromatic rings. The zero-order valence-corrected chi connectivity index (χ0v) is 10.7. The molecule has 1 aromatic heterocycles. The summed E-state index contributed by atoms with van der Waals surface area (Å²) >= 11 is 0. The van der Waals surface area contributed by atoms with Crippen LogP contribution in [-0.4, -0.2) is 48.1 Å². The second kappa shape index (κ2) is 4.38. The molecule has 7 nitrogen and oxygen atoms in total. The zero-order valence-electron chi connectivity index (χ0n) is 9.91. The summed E-state index contributed by atoms with van der Waals surface area (Å²) < 4.78 is 23.8. The van der Waals surface area contributed by atoms with E-state index in [9.17, 15) is 18.3 Å². The van der Waals surface area contributed by atoms with E-state index in [1.54, 1.807) is 7.05 Å². The van der Waals surface area contributed by atoms with Crippen LogP contribution in [0.2, 0.25) is 0 Å². The van der Waals surface area contributed by atoms with E-state index in [1.807, 2.05) is 0 Å². The summed E-state index contributed by atoms with van der Waals surface area (Å²) in [6.07, 6.45) is 1.33. The zero-order chi connectivity index (χ0) is 13.5. The van der Waals surface area contributed by atoms with Crippen molar-refractivity contribution in [2.24, 2.45) is 12.2 Å². The largest absolute Gasteiger partial charge is 0.391 e. The maximum Gasteiger partial charge on any atom is 0.270 e. The highest BCUT2D eigenvalue weighted by molar-refractivity contribution is 7.89. The van der Waals surface area contributed by atoms with Crippen molar-refractivity contribution in [2.75, 3.05) is 13.1 Å². The van der Waals surface area contributed by atoms with Gasteiger partial charge < -0.3 is 14.6 Å². The first kappa shape index (κ1) is 13.1. The average molecular weight is 273 g/mol. The smallest absolute Gasteiger partial charge is 0.270 e. The van der Waals surface area contributed by atoms with E-state index in [0.717, 1.165) is 0 Å². The number of likely N-dealkylation sites (tertiary alicyclic amines) is 1. The van der Waals surface area contributed by atoms with Crippen molar-refractivity contribution in [3.05, 3.63) is 18.0 Å². The van der Waals surface area contributed by atoms with Crippen molar-refractivity contribution >= 4 is 15.9 Å². The van der Waals surface area contributed by atoms with Gasteiger partial charge in [0.25, 0.3) is 5.91 Å². The van der Waals surface area contributed by atoms with E-state index in [2.05, 4.69) is 0 Å². The summed E-state index contributed by atoms with van der Waals surface area (Å²) in [6.45, 7) is 0.741. The van der Waals surface area contributed by atoms with Crippen LogP contribution in [0, 0.1) is 0 Å². The first-order valence-corrected chi connectivity index (χ1v) is 7.00. The average Bonchev–Trinajstić information content (AvgIpc) is 2.83. The number of carbonyl (C=O) groups is 1. The van der Waals surface area contributed by atoms with Crippen molar-refractivity contribution in [1.82, 2.24) is 9.47 Å². The number of nitrogens with zero attached hydrogens (tertiary/aromatic N) is 2. The molecule has 3 N–H and O–H groups in total. The normalized spacial score (nSPS) is 20.4. The standard InChI is InChI=1S/C10H15N3O4S/c1-12-6-8(18(11,16)17)4-9(12)10(15)13-3-2-7(14)5-13/h4,6-7,14H,2-3,5H2,1H3,(H2,11,16,17). The molecular formula is C10H15N3O4S. The Morgan fingerprint density at radius 3 is 2.67 bits per heavy atom. The summed E-state index contributed by atoms with van der Waals surface area (Å²) in [6, 6.07) is 1.25. The SMILES string of the molecule is Cn1cc(S(N)(=O)=O)cc1C(=O)N1CCC(O)C1. The number of rotatable bonds is 2. The minimum Gasteiger partial charge on any atom is -0.391 e. The molecule has 1 fully saturated rings. The van der Waals surface area contributed by atoms with Gasteiger partial charge in [0, 0.05) is 26.3 Å². The monoisotopic (exact) mass is 273 g/mol. The molecule has 1 aliphatic rings. The molecule has 1 unspecified atom stereocenters. The van der Waals surface area contributed by atoms with Crippen LogP contribution in [0.4, 0.5) is 0 Å². The molecule has 0 aliphatic carbocycles. The fraction of sp³-hybridized carbons (Fsp3) is 0.500. The van der Waals surface area contributed by atoms with Gasteiger partial charge in [0.2, 0.25) is 10.0 Å². The molecule has 2 heterocycles. The lowest BCUT2D eigenvalue weighted by atomic mass is 10.3. The number of aliphatic hydroxyl groups excluding tert-OH is 1. The van der Waals surface area contributed by atoms with Gasteiger partial charge in [-0.25, -0.2) is 13.6 Å². The third kappa shape index (κ3) is 2.40. The third-order valence-electron chi connectivity index (χ3n) is 2.98. The maximum absolute atomic E-state index is 12.1. The number of primary sulfonamides is 1. The lowest BCUT2D eigenvalue weighted by Crippen LogP contribution is -2.30. The van der Waals surface area contributed by atoms with Gasteiger partial charge in [0.15, 0.2) is 0 Å². The number of β-amino-alcohol motifs (C(OH)–C–C–N with tert-alkyl or cyclic N) is 1. The Morgan fingerprint density at radius 2 is 2.22 bits per heavy atom. The number of carbonyl (C=O) groups excluding carboxylic acids is 1. The first-order chi connectivity index (χ1) is 8.29. The Bertz CT molecular complexity index is 578. The van der Waals surface area contributed by atoms with Crippen LogP contribution in [0.15, 0.2) is 17.2 Å². The minimum atomic E-state index is -3.81. The molecular weight excluding hydrogens is 258 g/mol. The Balaban J connectivity index is 2.29. The van der Waals surface area contributed by atoms with Crippen LogP contribution in [0.5, 0.6) is 0 Å². The summed E-state index contributed by atoms with van der Waals surface area (Å²) in [4.78, 5) is 13.5. The lowest BCUT2D eigenvalue weighted by Gasteiger charge is -2.15. The predicted molar refractivity (Wildman–Crippen MR) is 63.3 cm³/mol. The molecule has 1 saturated heterocycles. The number of nitrogens with two attached hydrogens (primary N) is 1. The van der Waals surface area contributed by atoms with E-state index >= 15 is 0 Å². The van der Waals surface area contributed by atoms with E-state index in [-0.39, 0.29) is 23.0 Å². The van der Waals surface area contributed by atoms with Gasteiger partial charge in [-0.3, -0.25) is 4.79 Å². The first-order valence-electron chi connectivity index (χ1n) is 5.45. The van der Waals surface area contributed by atoms with Gasteiger partial charge >= 0.3 is 0 Å². The molecule has 1 atom stereocenters. The second-order valence-corrected chi connectivity index (χ2v) is 5.97. The number of aliphatic hydroxyl groups is 1. The molecule has 8 heteroatoms. The Labute approximate surface area is 105 Å². The fourth-order valence-electron chi connectivity index (χ4n) is 1.99. The summed E-state index contributed by atoms with van der Waals surface area (Å²) in [5.74, 6) is -0.302. The molecule has 0 bridgehead atoms.